The lowest BCUT2D eigenvalue weighted by atomic mass is 10.1. The molecule has 2 heterocycles. The summed E-state index contributed by atoms with van der Waals surface area (Å²) in [6.07, 6.45) is 3.02. The number of nitrogen functional groups attached to an aromatic ring is 1. The Morgan fingerprint density at radius 1 is 0.776 bits per heavy atom. The van der Waals surface area contributed by atoms with Crippen LogP contribution in [-0.2, 0) is 62.2 Å². The van der Waals surface area contributed by atoms with Crippen molar-refractivity contribution in [3.8, 4) is 5.88 Å². The summed E-state index contributed by atoms with van der Waals surface area (Å²) in [5.74, 6) is 1.54. The van der Waals surface area contributed by atoms with Crippen LogP contribution in [0.4, 0.5) is 5.82 Å². The van der Waals surface area contributed by atoms with Crippen molar-refractivity contribution in [1.82, 2.24) is 25.1 Å². The number of nitrogens with two attached hydrogens (primary N) is 1. The minimum absolute atomic E-state index is 0.0781. The SMILES string of the molecule is CCCCc1nc2c(N)nnc(OC(C)C)c2n1Cc1ccc(CNC(=O)CCOCCOCCOCCOCCOCCOCCOCCOCCN=[N+]=[N-])cc1. The van der Waals surface area contributed by atoms with E-state index in [2.05, 4.69) is 49.2 Å². The third kappa shape index (κ3) is 20.5. The Morgan fingerprint density at radius 3 is 1.78 bits per heavy atom. The number of aryl methyl sites for hydroxylation is 1. The second-order valence-electron chi connectivity index (χ2n) is 13.2. The van der Waals surface area contributed by atoms with Crippen molar-refractivity contribution in [1.29, 1.82) is 0 Å². The van der Waals surface area contributed by atoms with Gasteiger partial charge >= 0.3 is 0 Å². The first-order chi connectivity index (χ1) is 28.4. The molecule has 0 atom stereocenters. The van der Waals surface area contributed by atoms with Crippen molar-refractivity contribution in [3.63, 3.8) is 0 Å². The van der Waals surface area contributed by atoms with Crippen molar-refractivity contribution in [2.75, 3.05) is 118 Å². The van der Waals surface area contributed by atoms with E-state index in [-0.39, 0.29) is 24.2 Å². The Labute approximate surface area is 341 Å². The lowest BCUT2D eigenvalue weighted by Crippen LogP contribution is -2.24. The van der Waals surface area contributed by atoms with Gasteiger partial charge in [-0.1, -0.05) is 42.7 Å². The van der Waals surface area contributed by atoms with Gasteiger partial charge in [-0.2, -0.15) is 0 Å². The van der Waals surface area contributed by atoms with Crippen LogP contribution in [0, 0.1) is 0 Å². The highest BCUT2D eigenvalue weighted by molar-refractivity contribution is 5.88. The predicted molar refractivity (Wildman–Crippen MR) is 217 cm³/mol. The maximum absolute atomic E-state index is 12.4. The summed E-state index contributed by atoms with van der Waals surface area (Å²) >= 11 is 0. The molecular weight excluding hydrogens is 754 g/mol. The van der Waals surface area contributed by atoms with Gasteiger partial charge in [0.25, 0.3) is 5.88 Å². The molecule has 1 amide bonds. The zero-order chi connectivity index (χ0) is 41.5. The van der Waals surface area contributed by atoms with Gasteiger partial charge in [-0.3, -0.25) is 4.79 Å². The van der Waals surface area contributed by atoms with Crippen LogP contribution < -0.4 is 15.8 Å². The molecule has 324 valence electrons. The third-order valence-electron chi connectivity index (χ3n) is 8.17. The van der Waals surface area contributed by atoms with Gasteiger partial charge in [0, 0.05) is 37.4 Å². The van der Waals surface area contributed by atoms with Crippen LogP contribution in [-0.4, -0.2) is 144 Å². The summed E-state index contributed by atoms with van der Waals surface area (Å²) in [5.41, 5.74) is 17.8. The van der Waals surface area contributed by atoms with Crippen molar-refractivity contribution < 1.29 is 47.4 Å². The van der Waals surface area contributed by atoms with Gasteiger partial charge in [-0.25, -0.2) is 4.98 Å². The summed E-state index contributed by atoms with van der Waals surface area (Å²) in [5, 5.41) is 14.7. The summed E-state index contributed by atoms with van der Waals surface area (Å²) < 4.78 is 51.7. The molecule has 2 aromatic heterocycles. The number of aromatic nitrogens is 4. The van der Waals surface area contributed by atoms with E-state index in [1.54, 1.807) is 0 Å². The second-order valence-corrected chi connectivity index (χ2v) is 13.2. The van der Waals surface area contributed by atoms with Gasteiger partial charge in [0.2, 0.25) is 5.91 Å². The van der Waals surface area contributed by atoms with Gasteiger partial charge in [0.1, 0.15) is 16.9 Å². The number of hydrogen-bond donors (Lipinski definition) is 2. The molecule has 58 heavy (non-hydrogen) atoms. The minimum Gasteiger partial charge on any atom is -0.472 e. The van der Waals surface area contributed by atoms with Gasteiger partial charge in [-0.15, -0.1) is 10.2 Å². The molecule has 0 saturated carbocycles. The number of azide groups is 1. The molecule has 0 radical (unpaired) electrons. The smallest absolute Gasteiger partial charge is 0.260 e. The standard InChI is InChI=1S/C39H63N9O10/c1-4-5-6-34-44-36-37(39(58-31(2)3)46-45-38(36)40)48(34)30-33-9-7-32(8-10-33)29-42-35(49)11-13-50-15-17-52-19-21-54-23-25-56-27-28-57-26-24-55-22-20-53-18-16-51-14-12-43-47-41/h7-10,31H,4-6,11-30H2,1-3H3,(H2,40,45)(H,42,49). The molecule has 0 unspecified atom stereocenters. The van der Waals surface area contributed by atoms with Crippen LogP contribution in [0.2, 0.25) is 0 Å². The van der Waals surface area contributed by atoms with Crippen molar-refractivity contribution in [2.24, 2.45) is 5.11 Å². The second kappa shape index (κ2) is 30.8. The fourth-order valence-corrected chi connectivity index (χ4v) is 5.28. The first-order valence-electron chi connectivity index (χ1n) is 20.1. The number of fused-ring (bicyclic) bond motifs is 1. The number of rotatable bonds is 36. The largest absolute Gasteiger partial charge is 0.472 e. The molecule has 3 aromatic rings. The van der Waals surface area contributed by atoms with Crippen LogP contribution in [0.1, 0.15) is 57.0 Å². The lowest BCUT2D eigenvalue weighted by molar-refractivity contribution is -0.122. The Morgan fingerprint density at radius 2 is 1.28 bits per heavy atom. The van der Waals surface area contributed by atoms with E-state index in [4.69, 9.17) is 58.9 Å². The highest BCUT2D eigenvalue weighted by Crippen LogP contribution is 2.29. The Kier molecular flexibility index (Phi) is 25.6. The first kappa shape index (κ1) is 48.2. The minimum atomic E-state index is -0.0825. The first-order valence-corrected chi connectivity index (χ1v) is 20.1. The summed E-state index contributed by atoms with van der Waals surface area (Å²) in [6, 6.07) is 8.13. The predicted octanol–water partition coefficient (Wildman–Crippen LogP) is 4.04. The number of anilines is 1. The average molecular weight is 818 g/mol. The Balaban J connectivity index is 1.14. The van der Waals surface area contributed by atoms with Gasteiger partial charge in [0.05, 0.1) is 112 Å². The van der Waals surface area contributed by atoms with Gasteiger partial charge < -0.3 is 58.2 Å². The van der Waals surface area contributed by atoms with E-state index < -0.39 is 0 Å². The quantitative estimate of drug-likeness (QED) is 0.0365. The molecule has 3 N–H and O–H groups in total. The van der Waals surface area contributed by atoms with E-state index in [1.165, 1.54) is 0 Å². The zero-order valence-corrected chi connectivity index (χ0v) is 34.4. The lowest BCUT2D eigenvalue weighted by Gasteiger charge is -2.14. The molecule has 0 fully saturated rings. The summed E-state index contributed by atoms with van der Waals surface area (Å²) in [6.45, 7) is 14.4. The number of benzene rings is 1. The molecule has 0 spiro atoms. The van der Waals surface area contributed by atoms with Gasteiger partial charge in [-0.05, 0) is 36.9 Å². The van der Waals surface area contributed by atoms with Crippen LogP contribution in [0.25, 0.3) is 21.5 Å². The van der Waals surface area contributed by atoms with Crippen LogP contribution in [0.3, 0.4) is 0 Å². The highest BCUT2D eigenvalue weighted by Gasteiger charge is 2.20. The van der Waals surface area contributed by atoms with Crippen molar-refractivity contribution >= 4 is 22.8 Å². The number of ether oxygens (including phenoxy) is 9. The number of carbonyl (C=O) groups is 1. The van der Waals surface area contributed by atoms with Gasteiger partial charge in [0.15, 0.2) is 5.82 Å². The van der Waals surface area contributed by atoms with Crippen LogP contribution in [0.15, 0.2) is 29.4 Å². The summed E-state index contributed by atoms with van der Waals surface area (Å²) in [4.78, 5) is 19.9. The van der Waals surface area contributed by atoms with E-state index in [0.717, 1.165) is 41.7 Å². The Hall–Kier alpha value is -4.17. The van der Waals surface area contributed by atoms with Crippen molar-refractivity contribution in [3.05, 3.63) is 51.7 Å². The zero-order valence-electron chi connectivity index (χ0n) is 34.4. The molecule has 3 rings (SSSR count). The van der Waals surface area contributed by atoms with Crippen molar-refractivity contribution in [2.45, 2.75) is 65.6 Å². The van der Waals surface area contributed by atoms with E-state index in [9.17, 15) is 4.79 Å². The molecule has 0 bridgehead atoms. The van der Waals surface area contributed by atoms with E-state index in [0.29, 0.717) is 137 Å². The normalized spacial score (nSPS) is 11.4. The number of hydrogen-bond acceptors (Lipinski definition) is 15. The molecule has 1 aromatic carbocycles. The molecule has 19 heteroatoms. The van der Waals surface area contributed by atoms with Crippen LogP contribution in [0.5, 0.6) is 5.88 Å². The Bertz CT molecular complexity index is 1590. The third-order valence-corrected chi connectivity index (χ3v) is 8.17. The maximum Gasteiger partial charge on any atom is 0.260 e. The summed E-state index contributed by atoms with van der Waals surface area (Å²) in [7, 11) is 0. The van der Waals surface area contributed by atoms with E-state index >= 15 is 0 Å². The molecule has 19 nitrogen and oxygen atoms in total. The highest BCUT2D eigenvalue weighted by atomic mass is 16.6. The monoisotopic (exact) mass is 817 g/mol. The van der Waals surface area contributed by atoms with E-state index in [1.807, 2.05) is 26.0 Å². The number of amides is 1. The topological polar surface area (TPSA) is 231 Å². The average Bonchev–Trinajstić information content (AvgIpc) is 3.59. The molecular formula is C39H63N9O10. The fraction of sp³-hybridized carbons (Fsp3) is 0.692. The number of nitrogens with zero attached hydrogens (tertiary/aromatic N) is 7. The molecule has 0 aliphatic rings. The maximum atomic E-state index is 12.4. The number of carbonyl (C=O) groups excluding carboxylic acids is 1. The number of unbranched alkanes of at least 4 members (excludes halogenated alkanes) is 1. The number of imidazole rings is 1. The molecule has 0 saturated heterocycles. The molecule has 0 aliphatic heterocycles. The van der Waals surface area contributed by atoms with Crippen LogP contribution >= 0.6 is 0 Å². The number of nitrogens with one attached hydrogen (secondary N) is 1. The molecule has 0 aliphatic carbocycles. The fourth-order valence-electron chi connectivity index (χ4n) is 5.28.